The van der Waals surface area contributed by atoms with Crippen LogP contribution in [0.15, 0.2) is 0 Å². The summed E-state index contributed by atoms with van der Waals surface area (Å²) in [5.74, 6) is -0.342. The first-order valence-electron chi connectivity index (χ1n) is 4.74. The molecule has 0 radical (unpaired) electrons. The molecule has 2 unspecified atom stereocenters. The summed E-state index contributed by atoms with van der Waals surface area (Å²) in [7, 11) is -1.66. The largest absolute Gasteiger partial charge is 0.345 e. The maximum Gasteiger partial charge on any atom is 0.240 e. The summed E-state index contributed by atoms with van der Waals surface area (Å²) in [6.45, 7) is 3.97. The highest BCUT2D eigenvalue weighted by molar-refractivity contribution is 9.09. The molecular weight excluding hydrogens is 282 g/mol. The second-order valence-electron chi connectivity index (χ2n) is 3.80. The molecule has 90 valence electrons. The Morgan fingerprint density at radius 1 is 1.40 bits per heavy atom. The van der Waals surface area contributed by atoms with Crippen LogP contribution in [0.25, 0.3) is 0 Å². The molecule has 0 spiro atoms. The number of halogens is 1. The van der Waals surface area contributed by atoms with Crippen molar-refractivity contribution in [2.24, 2.45) is 0 Å². The van der Waals surface area contributed by atoms with Crippen LogP contribution in [-0.2, 0) is 14.6 Å². The van der Waals surface area contributed by atoms with E-state index in [4.69, 9.17) is 0 Å². The van der Waals surface area contributed by atoms with Crippen LogP contribution >= 0.6 is 15.9 Å². The molecule has 1 amide bonds. The predicted octanol–water partition coefficient (Wildman–Crippen LogP) is 1.05. The molecule has 6 heteroatoms. The molecule has 0 heterocycles. The average Bonchev–Trinajstić information content (AvgIpc) is 2.10. The molecule has 0 rings (SSSR count). The molecule has 0 saturated carbocycles. The van der Waals surface area contributed by atoms with Crippen molar-refractivity contribution in [1.82, 2.24) is 4.90 Å². The Kier molecular flexibility index (Phi) is 5.80. The number of nitrogens with zero attached hydrogens (tertiary/aromatic N) is 1. The van der Waals surface area contributed by atoms with E-state index in [0.29, 0.717) is 11.4 Å². The number of hydrogen-bond donors (Lipinski definition) is 0. The van der Waals surface area contributed by atoms with Crippen LogP contribution < -0.4 is 0 Å². The fourth-order valence-corrected chi connectivity index (χ4v) is 1.73. The third kappa shape index (κ3) is 5.51. The summed E-state index contributed by atoms with van der Waals surface area (Å²) < 4.78 is 22.3. The van der Waals surface area contributed by atoms with E-state index in [1.54, 1.807) is 7.05 Å². The molecule has 0 bridgehead atoms. The summed E-state index contributed by atoms with van der Waals surface area (Å²) >= 11 is 3.37. The summed E-state index contributed by atoms with van der Waals surface area (Å²) in [6.07, 6.45) is 1.88. The zero-order valence-corrected chi connectivity index (χ0v) is 11.9. The van der Waals surface area contributed by atoms with E-state index in [9.17, 15) is 13.2 Å². The third-order valence-electron chi connectivity index (χ3n) is 2.23. The molecule has 0 fully saturated rings. The Morgan fingerprint density at radius 2 is 1.87 bits per heavy atom. The lowest BCUT2D eigenvalue weighted by Crippen LogP contribution is -2.39. The molecule has 15 heavy (non-hydrogen) atoms. The van der Waals surface area contributed by atoms with Gasteiger partial charge in [0.25, 0.3) is 0 Å². The molecule has 0 N–H and O–H groups in total. The fraction of sp³-hybridized carbons (Fsp3) is 0.889. The maximum absolute atomic E-state index is 11.6. The number of rotatable bonds is 5. The van der Waals surface area contributed by atoms with Crippen molar-refractivity contribution in [1.29, 1.82) is 0 Å². The van der Waals surface area contributed by atoms with Gasteiger partial charge in [-0.3, -0.25) is 4.79 Å². The van der Waals surface area contributed by atoms with Crippen LogP contribution in [0.5, 0.6) is 0 Å². The van der Waals surface area contributed by atoms with E-state index in [0.717, 1.165) is 12.7 Å². The van der Waals surface area contributed by atoms with E-state index < -0.39 is 15.1 Å². The van der Waals surface area contributed by atoms with Crippen LogP contribution in [0.2, 0.25) is 0 Å². The van der Waals surface area contributed by atoms with Gasteiger partial charge in [-0.15, -0.1) is 0 Å². The van der Waals surface area contributed by atoms with Gasteiger partial charge in [0.05, 0.1) is 0 Å². The van der Waals surface area contributed by atoms with Gasteiger partial charge in [-0.2, -0.15) is 0 Å². The SMILES string of the molecule is CC(Br)CCN(C)C(=O)C(C)S(C)(=O)=O. The fourth-order valence-electron chi connectivity index (χ4n) is 0.975. The molecule has 0 aromatic heterocycles. The van der Waals surface area contributed by atoms with Crippen LogP contribution in [0, 0.1) is 0 Å². The molecule has 0 aliphatic carbocycles. The van der Waals surface area contributed by atoms with Crippen LogP contribution in [0.3, 0.4) is 0 Å². The second kappa shape index (κ2) is 5.84. The second-order valence-corrected chi connectivity index (χ2v) is 7.73. The van der Waals surface area contributed by atoms with Gasteiger partial charge in [-0.1, -0.05) is 22.9 Å². The van der Waals surface area contributed by atoms with E-state index in [2.05, 4.69) is 15.9 Å². The Hall–Kier alpha value is -0.100. The Balaban J connectivity index is 4.33. The lowest BCUT2D eigenvalue weighted by molar-refractivity contribution is -0.129. The highest BCUT2D eigenvalue weighted by atomic mass is 79.9. The first-order valence-corrected chi connectivity index (χ1v) is 7.61. The van der Waals surface area contributed by atoms with Crippen molar-refractivity contribution < 1.29 is 13.2 Å². The topological polar surface area (TPSA) is 54.5 Å². The number of hydrogen-bond acceptors (Lipinski definition) is 3. The number of carbonyl (C=O) groups excluding carboxylic acids is 1. The minimum atomic E-state index is -3.29. The Morgan fingerprint density at radius 3 is 2.20 bits per heavy atom. The van der Waals surface area contributed by atoms with Gasteiger partial charge >= 0.3 is 0 Å². The number of amides is 1. The van der Waals surface area contributed by atoms with Crippen molar-refractivity contribution in [3.63, 3.8) is 0 Å². The van der Waals surface area contributed by atoms with Crippen LogP contribution in [-0.4, -0.2) is 49.2 Å². The standard InChI is InChI=1S/C9H18BrNO3S/c1-7(10)5-6-11(3)9(12)8(2)15(4,13)14/h7-8H,5-6H2,1-4H3. The minimum Gasteiger partial charge on any atom is -0.345 e. The maximum atomic E-state index is 11.6. The van der Waals surface area contributed by atoms with Crippen molar-refractivity contribution in [2.45, 2.75) is 30.3 Å². The van der Waals surface area contributed by atoms with E-state index >= 15 is 0 Å². The van der Waals surface area contributed by atoms with Crippen molar-refractivity contribution in [3.8, 4) is 0 Å². The van der Waals surface area contributed by atoms with Crippen molar-refractivity contribution in [2.75, 3.05) is 19.8 Å². The van der Waals surface area contributed by atoms with Crippen molar-refractivity contribution >= 4 is 31.7 Å². The minimum absolute atomic E-state index is 0.321. The number of carbonyl (C=O) groups is 1. The van der Waals surface area contributed by atoms with Crippen LogP contribution in [0.1, 0.15) is 20.3 Å². The molecule has 0 aromatic carbocycles. The molecule has 0 aliphatic heterocycles. The molecule has 0 saturated heterocycles. The lowest BCUT2D eigenvalue weighted by atomic mass is 10.3. The Bertz CT molecular complexity index is 313. The van der Waals surface area contributed by atoms with Gasteiger partial charge in [-0.25, -0.2) is 8.42 Å². The summed E-state index contributed by atoms with van der Waals surface area (Å²) in [6, 6.07) is 0. The summed E-state index contributed by atoms with van der Waals surface area (Å²) in [4.78, 5) is 13.4. The number of sulfone groups is 1. The number of alkyl halides is 1. The van der Waals surface area contributed by atoms with Gasteiger partial charge in [0.1, 0.15) is 5.25 Å². The normalized spacial score (nSPS) is 15.8. The first-order chi connectivity index (χ1) is 6.66. The zero-order chi connectivity index (χ0) is 12.2. The molecule has 0 aliphatic rings. The quantitative estimate of drug-likeness (QED) is 0.713. The van der Waals surface area contributed by atoms with Gasteiger partial charge < -0.3 is 4.90 Å². The molecule has 4 nitrogen and oxygen atoms in total. The summed E-state index contributed by atoms with van der Waals surface area (Å²) in [5.41, 5.74) is 0. The molecular formula is C9H18BrNO3S. The first kappa shape index (κ1) is 14.9. The Labute approximate surface area is 100 Å². The lowest BCUT2D eigenvalue weighted by Gasteiger charge is -2.20. The molecule has 2 atom stereocenters. The van der Waals surface area contributed by atoms with Gasteiger partial charge in [0, 0.05) is 24.7 Å². The average molecular weight is 300 g/mol. The zero-order valence-electron chi connectivity index (χ0n) is 9.53. The van der Waals surface area contributed by atoms with Crippen LogP contribution in [0.4, 0.5) is 0 Å². The summed E-state index contributed by atoms with van der Waals surface area (Å²) in [5, 5.41) is -0.951. The highest BCUT2D eigenvalue weighted by Gasteiger charge is 2.26. The van der Waals surface area contributed by atoms with Gasteiger partial charge in [0.15, 0.2) is 9.84 Å². The van der Waals surface area contributed by atoms with Crippen molar-refractivity contribution in [3.05, 3.63) is 0 Å². The smallest absolute Gasteiger partial charge is 0.240 e. The third-order valence-corrected chi connectivity index (χ3v) is 4.17. The predicted molar refractivity (Wildman–Crippen MR) is 64.9 cm³/mol. The highest BCUT2D eigenvalue weighted by Crippen LogP contribution is 2.07. The van der Waals surface area contributed by atoms with E-state index in [-0.39, 0.29) is 5.91 Å². The monoisotopic (exact) mass is 299 g/mol. The van der Waals surface area contributed by atoms with Gasteiger partial charge in [0.2, 0.25) is 5.91 Å². The van der Waals surface area contributed by atoms with E-state index in [1.165, 1.54) is 11.8 Å². The van der Waals surface area contributed by atoms with E-state index in [1.807, 2.05) is 6.92 Å². The van der Waals surface area contributed by atoms with Gasteiger partial charge in [-0.05, 0) is 13.3 Å². The molecule has 0 aromatic rings.